The second-order valence-corrected chi connectivity index (χ2v) is 7.51. The van der Waals surface area contributed by atoms with Crippen LogP contribution in [0.2, 0.25) is 0 Å². The molecule has 6 nitrogen and oxygen atoms in total. The highest BCUT2D eigenvalue weighted by Gasteiger charge is 2.30. The maximum atomic E-state index is 12.4. The first-order chi connectivity index (χ1) is 14.2. The molecule has 0 spiro atoms. The number of nitrogens with one attached hydrogen (secondary N) is 1. The molecule has 1 aromatic carbocycles. The van der Waals surface area contributed by atoms with E-state index in [9.17, 15) is 4.79 Å². The number of nitrogens with zero attached hydrogens (tertiary/aromatic N) is 2. The van der Waals surface area contributed by atoms with E-state index in [0.717, 1.165) is 35.5 Å². The Labute approximate surface area is 171 Å². The van der Waals surface area contributed by atoms with Gasteiger partial charge in [-0.2, -0.15) is 0 Å². The number of urea groups is 1. The van der Waals surface area contributed by atoms with E-state index in [2.05, 4.69) is 18.8 Å². The summed E-state index contributed by atoms with van der Waals surface area (Å²) in [4.78, 5) is 19.2. The van der Waals surface area contributed by atoms with Gasteiger partial charge in [-0.15, -0.1) is 6.58 Å². The number of fused-ring (bicyclic) bond motifs is 3. The first-order valence-corrected chi connectivity index (χ1v) is 10.1. The first kappa shape index (κ1) is 19.5. The number of aromatic nitrogens is 1. The molecule has 0 saturated heterocycles. The number of hydrogen-bond acceptors (Lipinski definition) is 4. The summed E-state index contributed by atoms with van der Waals surface area (Å²) in [5, 5.41) is 2.87. The van der Waals surface area contributed by atoms with Gasteiger partial charge in [0.15, 0.2) is 0 Å². The fourth-order valence-corrected chi connectivity index (χ4v) is 3.95. The van der Waals surface area contributed by atoms with Crippen molar-refractivity contribution in [3.63, 3.8) is 0 Å². The van der Waals surface area contributed by atoms with Gasteiger partial charge in [-0.25, -0.2) is 4.79 Å². The van der Waals surface area contributed by atoms with Crippen LogP contribution in [0.5, 0.6) is 5.75 Å². The zero-order chi connectivity index (χ0) is 20.2. The van der Waals surface area contributed by atoms with Crippen LogP contribution in [0, 0.1) is 0 Å². The van der Waals surface area contributed by atoms with Crippen LogP contribution in [-0.2, 0) is 37.3 Å². The number of hydrogen-bond donors (Lipinski definition) is 1. The molecule has 0 saturated carbocycles. The predicted molar refractivity (Wildman–Crippen MR) is 111 cm³/mol. The first-order valence-electron chi connectivity index (χ1n) is 10.1. The Morgan fingerprint density at radius 3 is 2.97 bits per heavy atom. The van der Waals surface area contributed by atoms with Gasteiger partial charge in [0.2, 0.25) is 0 Å². The lowest BCUT2D eigenvalue weighted by Gasteiger charge is -2.34. The molecule has 1 atom stereocenters. The highest BCUT2D eigenvalue weighted by Crippen LogP contribution is 2.32. The molecule has 0 unspecified atom stereocenters. The van der Waals surface area contributed by atoms with Gasteiger partial charge in [-0.05, 0) is 35.7 Å². The summed E-state index contributed by atoms with van der Waals surface area (Å²) >= 11 is 0. The van der Waals surface area contributed by atoms with Crippen LogP contribution in [0.25, 0.3) is 0 Å². The largest absolute Gasteiger partial charge is 0.487 e. The summed E-state index contributed by atoms with van der Waals surface area (Å²) in [6.45, 7) is 8.41. The summed E-state index contributed by atoms with van der Waals surface area (Å²) in [5.41, 5.74) is 5.58. The molecule has 1 aromatic heterocycles. The summed E-state index contributed by atoms with van der Waals surface area (Å²) < 4.78 is 11.9. The quantitative estimate of drug-likeness (QED) is 0.791. The fraction of sp³-hybridized carbons (Fsp3) is 0.391. The highest BCUT2D eigenvalue weighted by molar-refractivity contribution is 5.74. The Hall–Kier alpha value is -2.86. The average Bonchev–Trinajstić information content (AvgIpc) is 2.76. The molecule has 2 aliphatic rings. The third-order valence-corrected chi connectivity index (χ3v) is 5.47. The van der Waals surface area contributed by atoms with Crippen LogP contribution in [-0.4, -0.2) is 35.1 Å². The molecule has 0 aliphatic carbocycles. The molecule has 152 valence electrons. The number of ether oxygens (including phenoxy) is 2. The van der Waals surface area contributed by atoms with Gasteiger partial charge < -0.3 is 19.7 Å². The molecular weight excluding hydrogens is 366 g/mol. The SMILES string of the molecule is C=CCNC(=O)N1CCc2nc(COc3ccccc3)c3c(c2C1)CO[C@@H](C)C3. The van der Waals surface area contributed by atoms with Crippen LogP contribution < -0.4 is 10.1 Å². The van der Waals surface area contributed by atoms with E-state index in [4.69, 9.17) is 14.5 Å². The summed E-state index contributed by atoms with van der Waals surface area (Å²) in [6.07, 6.45) is 3.38. The molecule has 6 heteroatoms. The van der Waals surface area contributed by atoms with Crippen molar-refractivity contribution in [3.8, 4) is 5.75 Å². The van der Waals surface area contributed by atoms with Crippen molar-refractivity contribution >= 4 is 6.03 Å². The van der Waals surface area contributed by atoms with E-state index in [1.54, 1.807) is 6.08 Å². The maximum Gasteiger partial charge on any atom is 0.317 e. The molecule has 2 amide bonds. The Morgan fingerprint density at radius 2 is 2.17 bits per heavy atom. The van der Waals surface area contributed by atoms with Gasteiger partial charge in [0.1, 0.15) is 12.4 Å². The molecule has 29 heavy (non-hydrogen) atoms. The minimum absolute atomic E-state index is 0.0640. The van der Waals surface area contributed by atoms with Crippen molar-refractivity contribution < 1.29 is 14.3 Å². The lowest BCUT2D eigenvalue weighted by Crippen LogP contribution is -2.43. The van der Waals surface area contributed by atoms with Crippen LogP contribution in [0.15, 0.2) is 43.0 Å². The van der Waals surface area contributed by atoms with Gasteiger partial charge >= 0.3 is 6.03 Å². The number of rotatable bonds is 5. The Kier molecular flexibility index (Phi) is 5.81. The number of amides is 2. The van der Waals surface area contributed by atoms with Crippen LogP contribution in [0.4, 0.5) is 4.79 Å². The van der Waals surface area contributed by atoms with E-state index in [-0.39, 0.29) is 12.1 Å². The Balaban J connectivity index is 1.61. The lowest BCUT2D eigenvalue weighted by molar-refractivity contribution is 0.0389. The molecule has 2 aliphatic heterocycles. The van der Waals surface area contributed by atoms with E-state index in [1.807, 2.05) is 35.2 Å². The molecule has 3 heterocycles. The molecule has 0 bridgehead atoms. The van der Waals surface area contributed by atoms with Crippen molar-refractivity contribution in [1.29, 1.82) is 0 Å². The van der Waals surface area contributed by atoms with Crippen molar-refractivity contribution in [2.45, 2.75) is 45.6 Å². The highest BCUT2D eigenvalue weighted by atomic mass is 16.5. The van der Waals surface area contributed by atoms with Gasteiger partial charge in [-0.3, -0.25) is 4.98 Å². The number of para-hydroxylation sites is 1. The molecule has 2 aromatic rings. The van der Waals surface area contributed by atoms with Crippen molar-refractivity contribution in [1.82, 2.24) is 15.2 Å². The van der Waals surface area contributed by atoms with Crippen molar-refractivity contribution in [2.24, 2.45) is 0 Å². The third kappa shape index (κ3) is 4.27. The molecule has 0 fully saturated rings. The van der Waals surface area contributed by atoms with Crippen LogP contribution in [0.3, 0.4) is 0 Å². The second-order valence-electron chi connectivity index (χ2n) is 7.51. The van der Waals surface area contributed by atoms with Crippen molar-refractivity contribution in [2.75, 3.05) is 13.1 Å². The third-order valence-electron chi connectivity index (χ3n) is 5.47. The number of carbonyl (C=O) groups excluding carboxylic acids is 1. The molecule has 1 N–H and O–H groups in total. The van der Waals surface area contributed by atoms with Crippen LogP contribution in [0.1, 0.15) is 35.0 Å². The number of carbonyl (C=O) groups is 1. The van der Waals surface area contributed by atoms with E-state index >= 15 is 0 Å². The van der Waals surface area contributed by atoms with E-state index in [1.165, 1.54) is 11.1 Å². The average molecular weight is 393 g/mol. The second kappa shape index (κ2) is 8.66. The minimum Gasteiger partial charge on any atom is -0.487 e. The van der Waals surface area contributed by atoms with Gasteiger partial charge in [0.05, 0.1) is 18.4 Å². The maximum absolute atomic E-state index is 12.4. The molecule has 4 rings (SSSR count). The normalized spacial score (nSPS) is 17.8. The number of pyridine rings is 1. The van der Waals surface area contributed by atoms with E-state index < -0.39 is 0 Å². The Morgan fingerprint density at radius 1 is 1.34 bits per heavy atom. The Bertz CT molecular complexity index is 898. The van der Waals surface area contributed by atoms with Gasteiger partial charge in [-0.1, -0.05) is 24.3 Å². The van der Waals surface area contributed by atoms with Gasteiger partial charge in [0.25, 0.3) is 0 Å². The molecular formula is C23H27N3O3. The van der Waals surface area contributed by atoms with Gasteiger partial charge in [0, 0.05) is 38.2 Å². The standard InChI is InChI=1S/C23H27N3O3/c1-3-10-24-23(27)26-11-9-21-19(13-26)20-14-28-16(2)12-18(20)22(25-21)15-29-17-7-5-4-6-8-17/h3-8,16H,1,9-15H2,2H3,(H,24,27)/t16-/m0/s1. The lowest BCUT2D eigenvalue weighted by atomic mass is 9.90. The summed E-state index contributed by atoms with van der Waals surface area (Å²) in [5.74, 6) is 0.839. The zero-order valence-corrected chi connectivity index (χ0v) is 16.8. The van der Waals surface area contributed by atoms with Crippen LogP contribution >= 0.6 is 0 Å². The minimum atomic E-state index is -0.0640. The predicted octanol–water partition coefficient (Wildman–Crippen LogP) is 3.38. The summed E-state index contributed by atoms with van der Waals surface area (Å²) in [7, 11) is 0. The topological polar surface area (TPSA) is 63.7 Å². The monoisotopic (exact) mass is 393 g/mol. The number of benzene rings is 1. The zero-order valence-electron chi connectivity index (χ0n) is 16.8. The molecule has 0 radical (unpaired) electrons. The smallest absolute Gasteiger partial charge is 0.317 e. The fourth-order valence-electron chi connectivity index (χ4n) is 3.95. The summed E-state index contributed by atoms with van der Waals surface area (Å²) in [6, 6.07) is 9.75. The van der Waals surface area contributed by atoms with E-state index in [0.29, 0.717) is 32.8 Å². The van der Waals surface area contributed by atoms with Crippen molar-refractivity contribution in [3.05, 3.63) is 71.1 Å².